The Morgan fingerprint density at radius 2 is 1.93 bits per heavy atom. The van der Waals surface area contributed by atoms with Crippen LogP contribution in [-0.4, -0.2) is 49.9 Å². The fraction of sp³-hybridized carbons (Fsp3) is 1.00. The molecule has 0 spiro atoms. The molecule has 0 aromatic carbocycles. The lowest BCUT2D eigenvalue weighted by Crippen LogP contribution is -2.28. The minimum atomic E-state index is -0.811. The van der Waals surface area contributed by atoms with E-state index >= 15 is 0 Å². The Bertz CT molecular complexity index is 137. The van der Waals surface area contributed by atoms with E-state index in [2.05, 4.69) is 4.89 Å². The van der Waals surface area contributed by atoms with Gasteiger partial charge in [-0.15, -0.1) is 0 Å². The van der Waals surface area contributed by atoms with Crippen LogP contribution in [0.15, 0.2) is 0 Å². The SMILES string of the molecule is COOCC(C)(C)COCC(O)CO. The van der Waals surface area contributed by atoms with Crippen LogP contribution in [0.1, 0.15) is 13.8 Å². The largest absolute Gasteiger partial charge is 0.394 e. The van der Waals surface area contributed by atoms with Gasteiger partial charge in [0.05, 0.1) is 33.5 Å². The molecule has 2 N–H and O–H groups in total. The maximum Gasteiger partial charge on any atom is 0.100 e. The molecule has 14 heavy (non-hydrogen) atoms. The van der Waals surface area contributed by atoms with Gasteiger partial charge in [0.1, 0.15) is 6.10 Å². The van der Waals surface area contributed by atoms with Crippen LogP contribution in [0.3, 0.4) is 0 Å². The zero-order valence-corrected chi connectivity index (χ0v) is 9.02. The molecule has 0 aliphatic rings. The van der Waals surface area contributed by atoms with E-state index in [0.29, 0.717) is 13.2 Å². The van der Waals surface area contributed by atoms with Gasteiger partial charge in [0, 0.05) is 5.41 Å². The molecule has 0 heterocycles. The molecule has 0 fully saturated rings. The molecule has 0 saturated heterocycles. The smallest absolute Gasteiger partial charge is 0.100 e. The van der Waals surface area contributed by atoms with E-state index < -0.39 is 6.10 Å². The highest BCUT2D eigenvalue weighted by molar-refractivity contribution is 4.66. The van der Waals surface area contributed by atoms with Gasteiger partial charge in [-0.3, -0.25) is 0 Å². The molecule has 0 radical (unpaired) electrons. The van der Waals surface area contributed by atoms with Gasteiger partial charge < -0.3 is 14.9 Å². The van der Waals surface area contributed by atoms with Gasteiger partial charge in [0.15, 0.2) is 0 Å². The third kappa shape index (κ3) is 7.23. The summed E-state index contributed by atoms with van der Waals surface area (Å²) in [6, 6.07) is 0. The van der Waals surface area contributed by atoms with Crippen molar-refractivity contribution >= 4 is 0 Å². The first-order valence-electron chi connectivity index (χ1n) is 4.54. The quantitative estimate of drug-likeness (QED) is 0.433. The molecule has 86 valence electrons. The highest BCUT2D eigenvalue weighted by Crippen LogP contribution is 2.15. The number of hydrogen-bond acceptors (Lipinski definition) is 5. The molecule has 0 aliphatic carbocycles. The first kappa shape index (κ1) is 13.8. The molecule has 1 unspecified atom stereocenters. The molecule has 0 amide bonds. The van der Waals surface area contributed by atoms with Crippen LogP contribution >= 0.6 is 0 Å². The molecule has 0 aromatic rings. The third-order valence-electron chi connectivity index (χ3n) is 1.58. The summed E-state index contributed by atoms with van der Waals surface area (Å²) in [5.41, 5.74) is -0.175. The van der Waals surface area contributed by atoms with Gasteiger partial charge in [-0.05, 0) is 0 Å². The fourth-order valence-corrected chi connectivity index (χ4v) is 0.784. The van der Waals surface area contributed by atoms with Gasteiger partial charge in [-0.25, -0.2) is 9.78 Å². The Labute approximate surface area is 84.5 Å². The summed E-state index contributed by atoms with van der Waals surface area (Å²) < 4.78 is 5.20. The lowest BCUT2D eigenvalue weighted by Gasteiger charge is -2.23. The highest BCUT2D eigenvalue weighted by Gasteiger charge is 2.19. The van der Waals surface area contributed by atoms with Crippen molar-refractivity contribution in [1.82, 2.24) is 0 Å². The standard InChI is InChI=1S/C9H20O5/c1-9(2,7-14-12-3)6-13-5-8(11)4-10/h8,10-11H,4-7H2,1-3H3. The number of ether oxygens (including phenoxy) is 1. The third-order valence-corrected chi connectivity index (χ3v) is 1.58. The number of rotatable bonds is 8. The van der Waals surface area contributed by atoms with E-state index in [1.54, 1.807) is 0 Å². The molecule has 5 nitrogen and oxygen atoms in total. The van der Waals surface area contributed by atoms with Crippen LogP contribution in [0.25, 0.3) is 0 Å². The summed E-state index contributed by atoms with van der Waals surface area (Å²) in [4.78, 5) is 9.27. The lowest BCUT2D eigenvalue weighted by molar-refractivity contribution is -0.290. The minimum Gasteiger partial charge on any atom is -0.394 e. The molecular formula is C9H20O5. The van der Waals surface area contributed by atoms with Gasteiger partial charge in [-0.1, -0.05) is 13.8 Å². The van der Waals surface area contributed by atoms with Crippen LogP contribution in [-0.2, 0) is 14.5 Å². The summed E-state index contributed by atoms with van der Waals surface area (Å²) >= 11 is 0. The van der Waals surface area contributed by atoms with Crippen molar-refractivity contribution in [1.29, 1.82) is 0 Å². The normalized spacial score (nSPS) is 14.4. The summed E-state index contributed by atoms with van der Waals surface area (Å²) in [6.45, 7) is 4.61. The maximum atomic E-state index is 9.00. The minimum absolute atomic E-state index is 0.132. The fourth-order valence-electron chi connectivity index (χ4n) is 0.784. The van der Waals surface area contributed by atoms with E-state index in [1.165, 1.54) is 7.11 Å². The molecule has 0 rings (SSSR count). The molecule has 0 aromatic heterocycles. The monoisotopic (exact) mass is 208 g/mol. The second-order valence-corrected chi connectivity index (χ2v) is 3.94. The van der Waals surface area contributed by atoms with Crippen LogP contribution in [0.5, 0.6) is 0 Å². The van der Waals surface area contributed by atoms with Gasteiger partial charge in [0.25, 0.3) is 0 Å². The van der Waals surface area contributed by atoms with Crippen molar-refractivity contribution in [2.24, 2.45) is 5.41 Å². The van der Waals surface area contributed by atoms with Gasteiger partial charge in [0.2, 0.25) is 0 Å². The van der Waals surface area contributed by atoms with E-state index in [0.717, 1.165) is 0 Å². The number of aliphatic hydroxyl groups is 2. The van der Waals surface area contributed by atoms with Crippen molar-refractivity contribution in [3.63, 3.8) is 0 Å². The first-order valence-corrected chi connectivity index (χ1v) is 4.54. The van der Waals surface area contributed by atoms with Crippen LogP contribution in [0.2, 0.25) is 0 Å². The molecule has 0 bridgehead atoms. The van der Waals surface area contributed by atoms with Crippen molar-refractivity contribution in [2.45, 2.75) is 20.0 Å². The van der Waals surface area contributed by atoms with E-state index in [4.69, 9.17) is 19.8 Å². The number of aliphatic hydroxyl groups excluding tert-OH is 2. The summed E-state index contributed by atoms with van der Waals surface area (Å²) in [6.07, 6.45) is -0.811. The lowest BCUT2D eigenvalue weighted by atomic mass is 9.96. The summed E-state index contributed by atoms with van der Waals surface area (Å²) in [5, 5.41) is 17.5. The molecule has 1 atom stereocenters. The van der Waals surface area contributed by atoms with E-state index in [9.17, 15) is 0 Å². The van der Waals surface area contributed by atoms with Crippen LogP contribution in [0, 0.1) is 5.41 Å². The maximum absolute atomic E-state index is 9.00. The zero-order chi connectivity index (χ0) is 11.0. The first-order chi connectivity index (χ1) is 6.52. The molecule has 0 saturated carbocycles. The molecule has 0 aliphatic heterocycles. The van der Waals surface area contributed by atoms with Crippen molar-refractivity contribution < 1.29 is 24.7 Å². The predicted octanol–water partition coefficient (Wildman–Crippen LogP) is -0.0396. The zero-order valence-electron chi connectivity index (χ0n) is 9.02. The van der Waals surface area contributed by atoms with Crippen LogP contribution < -0.4 is 0 Å². The number of hydrogen-bond donors (Lipinski definition) is 2. The highest BCUT2D eigenvalue weighted by atomic mass is 17.2. The Hall–Kier alpha value is -0.200. The van der Waals surface area contributed by atoms with E-state index in [1.807, 2.05) is 13.8 Å². The van der Waals surface area contributed by atoms with Gasteiger partial charge >= 0.3 is 0 Å². The van der Waals surface area contributed by atoms with Crippen molar-refractivity contribution in [3.8, 4) is 0 Å². The van der Waals surface area contributed by atoms with E-state index in [-0.39, 0.29) is 18.6 Å². The van der Waals surface area contributed by atoms with Crippen molar-refractivity contribution in [3.05, 3.63) is 0 Å². The molecule has 5 heteroatoms. The Morgan fingerprint density at radius 1 is 1.29 bits per heavy atom. The predicted molar refractivity (Wildman–Crippen MR) is 50.7 cm³/mol. The Balaban J connectivity index is 3.54. The van der Waals surface area contributed by atoms with Crippen LogP contribution in [0.4, 0.5) is 0 Å². The summed E-state index contributed by atoms with van der Waals surface area (Å²) in [7, 11) is 1.45. The molecular weight excluding hydrogens is 188 g/mol. The second-order valence-electron chi connectivity index (χ2n) is 3.94. The second kappa shape index (κ2) is 7.14. The van der Waals surface area contributed by atoms with Crippen molar-refractivity contribution in [2.75, 3.05) is 33.5 Å². The summed E-state index contributed by atoms with van der Waals surface area (Å²) in [5.74, 6) is 0. The average Bonchev–Trinajstić information content (AvgIpc) is 2.14. The topological polar surface area (TPSA) is 68.2 Å². The van der Waals surface area contributed by atoms with Gasteiger partial charge in [-0.2, -0.15) is 0 Å². The Morgan fingerprint density at radius 3 is 2.43 bits per heavy atom. The Kier molecular flexibility index (Phi) is 7.04. The average molecular weight is 208 g/mol.